The highest BCUT2D eigenvalue weighted by Crippen LogP contribution is 2.34. The van der Waals surface area contributed by atoms with Crippen LogP contribution in [0.15, 0.2) is 18.2 Å². The zero-order chi connectivity index (χ0) is 12.3. The summed E-state index contributed by atoms with van der Waals surface area (Å²) in [4.78, 5) is 0. The maximum atomic E-state index is 6.07. The summed E-state index contributed by atoms with van der Waals surface area (Å²) in [5.41, 5.74) is 1.28. The Morgan fingerprint density at radius 2 is 1.81 bits per heavy atom. The molecule has 0 fully saturated rings. The molecule has 1 aromatic rings. The van der Waals surface area contributed by atoms with Crippen LogP contribution in [0.1, 0.15) is 26.3 Å². The molecule has 0 aliphatic carbocycles. The van der Waals surface area contributed by atoms with Gasteiger partial charge in [0.05, 0.1) is 10.0 Å². The van der Waals surface area contributed by atoms with Crippen molar-refractivity contribution in [1.29, 1.82) is 0 Å². The molecule has 0 spiro atoms. The molecule has 1 rings (SSSR count). The zero-order valence-corrected chi connectivity index (χ0v) is 12.1. The molecule has 0 nitrogen and oxygen atoms in total. The van der Waals surface area contributed by atoms with Crippen LogP contribution in [0.5, 0.6) is 0 Å². The van der Waals surface area contributed by atoms with E-state index in [2.05, 4.69) is 20.8 Å². The molecule has 0 bridgehead atoms. The van der Waals surface area contributed by atoms with Crippen LogP contribution in [0.4, 0.5) is 0 Å². The van der Waals surface area contributed by atoms with Crippen LogP contribution in [0.25, 0.3) is 0 Å². The maximum Gasteiger partial charge on any atom is 0.0595 e. The van der Waals surface area contributed by atoms with E-state index in [-0.39, 0.29) is 5.41 Å². The van der Waals surface area contributed by atoms with Crippen LogP contribution in [0.3, 0.4) is 0 Å². The summed E-state index contributed by atoms with van der Waals surface area (Å²) in [5, 5.41) is 1.21. The average Bonchev–Trinajstić information content (AvgIpc) is 2.23. The van der Waals surface area contributed by atoms with E-state index in [1.54, 1.807) is 0 Å². The number of rotatable bonds is 4. The first-order valence-corrected chi connectivity index (χ1v) is 6.68. The van der Waals surface area contributed by atoms with Gasteiger partial charge in [0, 0.05) is 5.88 Å². The molecular weight excluding hydrogens is 263 g/mol. The Hall–Kier alpha value is 0.0900. The number of hydrogen-bond donors (Lipinski definition) is 0. The summed E-state index contributed by atoms with van der Waals surface area (Å²) in [6, 6.07) is 5.78. The van der Waals surface area contributed by atoms with Gasteiger partial charge in [-0.1, -0.05) is 50.0 Å². The molecule has 0 aromatic heterocycles. The number of hydrogen-bond acceptors (Lipinski definition) is 0. The highest BCUT2D eigenvalue weighted by Gasteiger charge is 2.27. The first kappa shape index (κ1) is 14.2. The summed E-state index contributed by atoms with van der Waals surface area (Å²) in [6.45, 7) is 6.59. The third kappa shape index (κ3) is 3.29. The predicted molar refractivity (Wildman–Crippen MR) is 73.8 cm³/mol. The number of alkyl halides is 1. The molecule has 0 heterocycles. The fraction of sp³-hybridized carbons (Fsp3) is 0.538. The molecule has 1 atom stereocenters. The van der Waals surface area contributed by atoms with E-state index in [4.69, 9.17) is 34.8 Å². The molecule has 3 heteroatoms. The second-order valence-electron chi connectivity index (χ2n) is 4.87. The van der Waals surface area contributed by atoms with Crippen LogP contribution in [-0.4, -0.2) is 5.88 Å². The third-order valence-electron chi connectivity index (χ3n) is 3.29. The van der Waals surface area contributed by atoms with Crippen molar-refractivity contribution < 1.29 is 0 Å². The SMILES string of the molecule is CC(C)C(C)(CCl)Cc1ccc(Cl)c(Cl)c1. The Balaban J connectivity index is 2.90. The van der Waals surface area contributed by atoms with Crippen LogP contribution in [-0.2, 0) is 6.42 Å². The van der Waals surface area contributed by atoms with Crippen LogP contribution < -0.4 is 0 Å². The van der Waals surface area contributed by atoms with Gasteiger partial charge in [-0.2, -0.15) is 0 Å². The molecule has 16 heavy (non-hydrogen) atoms. The smallest absolute Gasteiger partial charge is 0.0595 e. The zero-order valence-electron chi connectivity index (χ0n) is 9.86. The Bertz CT molecular complexity index is 360. The molecule has 0 N–H and O–H groups in total. The van der Waals surface area contributed by atoms with Gasteiger partial charge in [-0.15, -0.1) is 11.6 Å². The largest absolute Gasteiger partial charge is 0.126 e. The Labute approximate surface area is 113 Å². The van der Waals surface area contributed by atoms with E-state index >= 15 is 0 Å². The minimum absolute atomic E-state index is 0.0959. The van der Waals surface area contributed by atoms with Crippen molar-refractivity contribution in [3.05, 3.63) is 33.8 Å². The van der Waals surface area contributed by atoms with Crippen LogP contribution in [0.2, 0.25) is 10.0 Å². The second-order valence-corrected chi connectivity index (χ2v) is 5.95. The van der Waals surface area contributed by atoms with Gasteiger partial charge in [0.1, 0.15) is 0 Å². The van der Waals surface area contributed by atoms with E-state index in [9.17, 15) is 0 Å². The highest BCUT2D eigenvalue weighted by molar-refractivity contribution is 6.42. The molecular formula is C13H17Cl3. The van der Waals surface area contributed by atoms with Crippen LogP contribution in [0, 0.1) is 11.3 Å². The van der Waals surface area contributed by atoms with Gasteiger partial charge >= 0.3 is 0 Å². The average molecular weight is 280 g/mol. The molecule has 0 aliphatic heterocycles. The standard InChI is InChI=1S/C13H17Cl3/c1-9(2)13(3,8-14)7-10-4-5-11(15)12(16)6-10/h4-6,9H,7-8H2,1-3H3. The lowest BCUT2D eigenvalue weighted by Gasteiger charge is -2.31. The Kier molecular flexibility index (Phi) is 4.97. The predicted octanol–water partition coefficient (Wildman–Crippen LogP) is 5.44. The van der Waals surface area contributed by atoms with Crippen molar-refractivity contribution >= 4 is 34.8 Å². The first-order chi connectivity index (χ1) is 7.39. The van der Waals surface area contributed by atoms with E-state index in [1.165, 1.54) is 5.56 Å². The Morgan fingerprint density at radius 1 is 1.19 bits per heavy atom. The van der Waals surface area contributed by atoms with Crippen molar-refractivity contribution in [3.63, 3.8) is 0 Å². The molecule has 0 amide bonds. The van der Waals surface area contributed by atoms with Crippen molar-refractivity contribution in [2.75, 3.05) is 5.88 Å². The fourth-order valence-corrected chi connectivity index (χ4v) is 2.25. The summed E-state index contributed by atoms with van der Waals surface area (Å²) < 4.78 is 0. The minimum Gasteiger partial charge on any atom is -0.126 e. The van der Waals surface area contributed by atoms with Crippen LogP contribution >= 0.6 is 34.8 Å². The van der Waals surface area contributed by atoms with E-state index < -0.39 is 0 Å². The van der Waals surface area contributed by atoms with Gasteiger partial charge in [0.25, 0.3) is 0 Å². The maximum absolute atomic E-state index is 6.07. The molecule has 90 valence electrons. The lowest BCUT2D eigenvalue weighted by molar-refractivity contribution is 0.253. The normalized spacial score (nSPS) is 15.2. The van der Waals surface area contributed by atoms with E-state index in [0.29, 0.717) is 21.8 Å². The minimum atomic E-state index is 0.0959. The molecule has 0 radical (unpaired) electrons. The van der Waals surface area contributed by atoms with Crippen molar-refractivity contribution in [1.82, 2.24) is 0 Å². The summed E-state index contributed by atoms with van der Waals surface area (Å²) in [7, 11) is 0. The van der Waals surface area contributed by atoms with Gasteiger partial charge in [0.15, 0.2) is 0 Å². The van der Waals surface area contributed by atoms with Crippen molar-refractivity contribution in [2.45, 2.75) is 27.2 Å². The fourth-order valence-electron chi connectivity index (χ4n) is 1.52. The summed E-state index contributed by atoms with van der Waals surface area (Å²) >= 11 is 18.0. The lowest BCUT2D eigenvalue weighted by Crippen LogP contribution is -2.28. The van der Waals surface area contributed by atoms with Gasteiger partial charge in [0.2, 0.25) is 0 Å². The molecule has 0 aliphatic rings. The summed E-state index contributed by atoms with van der Waals surface area (Å²) in [6.07, 6.45) is 0.922. The van der Waals surface area contributed by atoms with E-state index in [1.807, 2.05) is 18.2 Å². The third-order valence-corrected chi connectivity index (χ3v) is 4.64. The van der Waals surface area contributed by atoms with Gasteiger partial charge in [-0.3, -0.25) is 0 Å². The first-order valence-electron chi connectivity index (χ1n) is 5.39. The molecule has 1 aromatic carbocycles. The Morgan fingerprint density at radius 3 is 2.25 bits per heavy atom. The van der Waals surface area contributed by atoms with Gasteiger partial charge < -0.3 is 0 Å². The molecule has 0 saturated carbocycles. The van der Waals surface area contributed by atoms with Crippen molar-refractivity contribution in [2.24, 2.45) is 11.3 Å². The monoisotopic (exact) mass is 278 g/mol. The topological polar surface area (TPSA) is 0 Å². The van der Waals surface area contributed by atoms with E-state index in [0.717, 1.165) is 6.42 Å². The quantitative estimate of drug-likeness (QED) is 0.644. The molecule has 1 unspecified atom stereocenters. The van der Waals surface area contributed by atoms with Gasteiger partial charge in [-0.05, 0) is 35.4 Å². The van der Waals surface area contributed by atoms with Gasteiger partial charge in [-0.25, -0.2) is 0 Å². The summed E-state index contributed by atoms with van der Waals surface area (Å²) in [5.74, 6) is 1.17. The number of halogens is 3. The highest BCUT2D eigenvalue weighted by atomic mass is 35.5. The number of benzene rings is 1. The van der Waals surface area contributed by atoms with Crippen molar-refractivity contribution in [3.8, 4) is 0 Å². The second kappa shape index (κ2) is 5.62. The lowest BCUT2D eigenvalue weighted by atomic mass is 9.76. The molecule has 0 saturated heterocycles.